The number of rotatable bonds is 3. The summed E-state index contributed by atoms with van der Waals surface area (Å²) in [5, 5.41) is 3.47. The SMILES string of the molecule is CCNC(C)C1CCSC1. The van der Waals surface area contributed by atoms with Crippen LogP contribution in [0.5, 0.6) is 0 Å². The summed E-state index contributed by atoms with van der Waals surface area (Å²) in [5.74, 6) is 3.68. The number of hydrogen-bond acceptors (Lipinski definition) is 2. The van der Waals surface area contributed by atoms with Crippen LogP contribution in [0.25, 0.3) is 0 Å². The summed E-state index contributed by atoms with van der Waals surface area (Å²) in [6.07, 6.45) is 1.42. The maximum Gasteiger partial charge on any atom is 0.00750 e. The molecule has 1 saturated heterocycles. The highest BCUT2D eigenvalue weighted by Gasteiger charge is 2.20. The van der Waals surface area contributed by atoms with Gasteiger partial charge in [0.2, 0.25) is 0 Å². The van der Waals surface area contributed by atoms with Gasteiger partial charge in [-0.25, -0.2) is 0 Å². The molecule has 10 heavy (non-hydrogen) atoms. The van der Waals surface area contributed by atoms with Crippen LogP contribution in [0.1, 0.15) is 20.3 Å². The van der Waals surface area contributed by atoms with Crippen LogP contribution in [0.4, 0.5) is 0 Å². The van der Waals surface area contributed by atoms with Crippen LogP contribution in [-0.2, 0) is 0 Å². The van der Waals surface area contributed by atoms with Crippen LogP contribution in [-0.4, -0.2) is 24.1 Å². The molecule has 1 aliphatic rings. The third-order valence-electron chi connectivity index (χ3n) is 2.20. The molecule has 1 rings (SSSR count). The molecule has 1 heterocycles. The molecule has 0 radical (unpaired) electrons. The van der Waals surface area contributed by atoms with Crippen molar-refractivity contribution >= 4 is 11.8 Å². The quantitative estimate of drug-likeness (QED) is 0.673. The zero-order valence-corrected chi connectivity index (χ0v) is 7.71. The predicted molar refractivity (Wildman–Crippen MR) is 48.6 cm³/mol. The van der Waals surface area contributed by atoms with Crippen molar-refractivity contribution in [3.8, 4) is 0 Å². The van der Waals surface area contributed by atoms with E-state index in [0.717, 1.165) is 18.5 Å². The van der Waals surface area contributed by atoms with E-state index in [2.05, 4.69) is 30.9 Å². The van der Waals surface area contributed by atoms with Crippen LogP contribution in [0.15, 0.2) is 0 Å². The lowest BCUT2D eigenvalue weighted by Gasteiger charge is -2.18. The van der Waals surface area contributed by atoms with Gasteiger partial charge in [0.1, 0.15) is 0 Å². The Hall–Kier alpha value is 0.310. The summed E-state index contributed by atoms with van der Waals surface area (Å²) >= 11 is 2.10. The van der Waals surface area contributed by atoms with Crippen molar-refractivity contribution in [3.05, 3.63) is 0 Å². The molecule has 2 atom stereocenters. The summed E-state index contributed by atoms with van der Waals surface area (Å²) in [4.78, 5) is 0. The summed E-state index contributed by atoms with van der Waals surface area (Å²) < 4.78 is 0. The minimum absolute atomic E-state index is 0.736. The van der Waals surface area contributed by atoms with Gasteiger partial charge in [0.25, 0.3) is 0 Å². The molecule has 0 aromatic rings. The molecule has 0 aromatic heterocycles. The van der Waals surface area contributed by atoms with E-state index in [-0.39, 0.29) is 0 Å². The molecule has 0 aromatic carbocycles. The van der Waals surface area contributed by atoms with Gasteiger partial charge in [0, 0.05) is 6.04 Å². The molecule has 0 spiro atoms. The summed E-state index contributed by atoms with van der Waals surface area (Å²) in [6, 6.07) is 0.736. The van der Waals surface area contributed by atoms with Crippen molar-refractivity contribution in [1.29, 1.82) is 0 Å². The van der Waals surface area contributed by atoms with E-state index in [1.165, 1.54) is 17.9 Å². The van der Waals surface area contributed by atoms with E-state index >= 15 is 0 Å². The molecular formula is C8H17NS. The van der Waals surface area contributed by atoms with Crippen LogP contribution >= 0.6 is 11.8 Å². The van der Waals surface area contributed by atoms with E-state index in [0.29, 0.717) is 0 Å². The number of nitrogens with one attached hydrogen (secondary N) is 1. The van der Waals surface area contributed by atoms with Gasteiger partial charge in [-0.2, -0.15) is 11.8 Å². The van der Waals surface area contributed by atoms with Gasteiger partial charge in [-0.1, -0.05) is 6.92 Å². The topological polar surface area (TPSA) is 12.0 Å². The smallest absolute Gasteiger partial charge is 0.00750 e. The fourth-order valence-electron chi connectivity index (χ4n) is 1.44. The van der Waals surface area contributed by atoms with Crippen molar-refractivity contribution in [1.82, 2.24) is 5.32 Å². The molecule has 1 nitrogen and oxygen atoms in total. The second-order valence-electron chi connectivity index (χ2n) is 2.97. The Bertz CT molecular complexity index is 89.3. The van der Waals surface area contributed by atoms with E-state index in [1.807, 2.05) is 0 Å². The van der Waals surface area contributed by atoms with Crippen LogP contribution < -0.4 is 5.32 Å². The Labute approximate surface area is 68.0 Å². The van der Waals surface area contributed by atoms with E-state index < -0.39 is 0 Å². The lowest BCUT2D eigenvalue weighted by Crippen LogP contribution is -2.33. The Morgan fingerprint density at radius 1 is 1.70 bits per heavy atom. The predicted octanol–water partition coefficient (Wildman–Crippen LogP) is 1.74. The van der Waals surface area contributed by atoms with E-state index in [9.17, 15) is 0 Å². The zero-order chi connectivity index (χ0) is 7.40. The molecule has 1 aliphatic heterocycles. The van der Waals surface area contributed by atoms with Gasteiger partial charge in [0.15, 0.2) is 0 Å². The van der Waals surface area contributed by atoms with Crippen molar-refractivity contribution in [3.63, 3.8) is 0 Å². The second-order valence-corrected chi connectivity index (χ2v) is 4.12. The zero-order valence-electron chi connectivity index (χ0n) is 6.89. The molecular weight excluding hydrogens is 142 g/mol. The minimum Gasteiger partial charge on any atom is -0.314 e. The Morgan fingerprint density at radius 2 is 2.50 bits per heavy atom. The number of thioether (sulfide) groups is 1. The lowest BCUT2D eigenvalue weighted by molar-refractivity contribution is 0.416. The van der Waals surface area contributed by atoms with Gasteiger partial charge in [-0.15, -0.1) is 0 Å². The van der Waals surface area contributed by atoms with Crippen LogP contribution in [0.3, 0.4) is 0 Å². The molecule has 2 heteroatoms. The average Bonchev–Trinajstić information content (AvgIpc) is 2.38. The summed E-state index contributed by atoms with van der Waals surface area (Å²) in [7, 11) is 0. The largest absolute Gasteiger partial charge is 0.314 e. The monoisotopic (exact) mass is 159 g/mol. The maximum absolute atomic E-state index is 3.47. The van der Waals surface area contributed by atoms with Crippen molar-refractivity contribution in [2.75, 3.05) is 18.1 Å². The Kier molecular flexibility index (Phi) is 3.57. The maximum atomic E-state index is 3.47. The molecule has 0 saturated carbocycles. The third kappa shape index (κ3) is 2.17. The summed E-state index contributed by atoms with van der Waals surface area (Å²) in [6.45, 7) is 5.60. The Morgan fingerprint density at radius 3 is 3.00 bits per heavy atom. The lowest BCUT2D eigenvalue weighted by atomic mass is 10.0. The van der Waals surface area contributed by atoms with Crippen LogP contribution in [0.2, 0.25) is 0 Å². The first-order valence-electron chi connectivity index (χ1n) is 4.15. The minimum atomic E-state index is 0.736. The first kappa shape index (κ1) is 8.41. The van der Waals surface area contributed by atoms with Gasteiger partial charge in [0.05, 0.1) is 0 Å². The van der Waals surface area contributed by atoms with Crippen molar-refractivity contribution < 1.29 is 0 Å². The first-order valence-corrected chi connectivity index (χ1v) is 5.31. The van der Waals surface area contributed by atoms with Gasteiger partial charge < -0.3 is 5.32 Å². The molecule has 1 N–H and O–H groups in total. The fourth-order valence-corrected chi connectivity index (χ4v) is 2.83. The van der Waals surface area contributed by atoms with Gasteiger partial charge in [-0.05, 0) is 37.3 Å². The highest BCUT2D eigenvalue weighted by molar-refractivity contribution is 7.99. The molecule has 0 aliphatic carbocycles. The molecule has 60 valence electrons. The summed E-state index contributed by atoms with van der Waals surface area (Å²) in [5.41, 5.74) is 0. The normalized spacial score (nSPS) is 28.8. The van der Waals surface area contributed by atoms with E-state index in [4.69, 9.17) is 0 Å². The van der Waals surface area contributed by atoms with Crippen molar-refractivity contribution in [2.45, 2.75) is 26.3 Å². The molecule has 0 bridgehead atoms. The third-order valence-corrected chi connectivity index (χ3v) is 3.39. The first-order chi connectivity index (χ1) is 4.84. The van der Waals surface area contributed by atoms with Crippen LogP contribution in [0, 0.1) is 5.92 Å². The number of hydrogen-bond donors (Lipinski definition) is 1. The highest BCUT2D eigenvalue weighted by atomic mass is 32.2. The highest BCUT2D eigenvalue weighted by Crippen LogP contribution is 2.25. The van der Waals surface area contributed by atoms with Gasteiger partial charge in [-0.3, -0.25) is 0 Å². The molecule has 0 amide bonds. The van der Waals surface area contributed by atoms with Gasteiger partial charge >= 0.3 is 0 Å². The standard InChI is InChI=1S/C8H17NS/c1-3-9-7(2)8-4-5-10-6-8/h7-9H,3-6H2,1-2H3. The van der Waals surface area contributed by atoms with Crippen molar-refractivity contribution in [2.24, 2.45) is 5.92 Å². The molecule has 2 unspecified atom stereocenters. The second kappa shape index (κ2) is 4.24. The fraction of sp³-hybridized carbons (Fsp3) is 1.00. The average molecular weight is 159 g/mol. The molecule has 1 fully saturated rings. The van der Waals surface area contributed by atoms with E-state index in [1.54, 1.807) is 0 Å². The Balaban J connectivity index is 2.18.